The SMILES string of the molecule is C=NC(C)/C(=C\C=C/CC)CC(=NCC(CC(C)CCC(C)CNCC(CCCCNCC/C=C\C=C/C)NC(=O)c1ccccc1)C(C)CC)N(C)C. The minimum Gasteiger partial charge on any atom is -0.366 e. The van der Waals surface area contributed by atoms with Crippen LogP contribution in [0.25, 0.3) is 0 Å². The molecule has 0 aliphatic heterocycles. The van der Waals surface area contributed by atoms with Gasteiger partial charge in [-0.2, -0.15) is 0 Å². The first kappa shape index (κ1) is 48.7. The van der Waals surface area contributed by atoms with Gasteiger partial charge in [0.1, 0.15) is 5.84 Å². The Morgan fingerprint density at radius 1 is 0.889 bits per heavy atom. The fourth-order valence-electron chi connectivity index (χ4n) is 6.50. The number of amidine groups is 1. The Labute approximate surface area is 332 Å². The second-order valence-corrected chi connectivity index (χ2v) is 15.6. The summed E-state index contributed by atoms with van der Waals surface area (Å²) in [6.45, 7) is 24.2. The van der Waals surface area contributed by atoms with E-state index in [2.05, 4.69) is 125 Å². The molecule has 0 aliphatic carbocycles. The summed E-state index contributed by atoms with van der Waals surface area (Å²) in [5.74, 6) is 3.51. The van der Waals surface area contributed by atoms with Gasteiger partial charge in [-0.3, -0.25) is 14.8 Å². The molecule has 54 heavy (non-hydrogen) atoms. The minimum atomic E-state index is 0.0116. The number of nitrogens with zero attached hydrogens (tertiary/aromatic N) is 3. The van der Waals surface area contributed by atoms with E-state index in [9.17, 15) is 4.79 Å². The molecule has 1 aromatic rings. The number of amides is 1. The van der Waals surface area contributed by atoms with E-state index in [0.717, 1.165) is 82.6 Å². The fraction of sp³-hybridized carbons (Fsp3) is 0.638. The topological polar surface area (TPSA) is 81.1 Å². The van der Waals surface area contributed by atoms with Gasteiger partial charge in [-0.05, 0) is 120 Å². The van der Waals surface area contributed by atoms with Crippen molar-refractivity contribution in [1.82, 2.24) is 20.9 Å². The molecule has 0 saturated carbocycles. The molecule has 6 unspecified atom stereocenters. The maximum absolute atomic E-state index is 13.0. The molecule has 1 aromatic carbocycles. The third-order valence-corrected chi connectivity index (χ3v) is 10.5. The van der Waals surface area contributed by atoms with Crippen LogP contribution in [0.5, 0.6) is 0 Å². The van der Waals surface area contributed by atoms with Crippen LogP contribution in [-0.2, 0) is 0 Å². The van der Waals surface area contributed by atoms with Gasteiger partial charge in [0, 0.05) is 45.2 Å². The second-order valence-electron chi connectivity index (χ2n) is 15.6. The molecule has 0 spiro atoms. The number of rotatable bonds is 30. The Morgan fingerprint density at radius 3 is 2.30 bits per heavy atom. The summed E-state index contributed by atoms with van der Waals surface area (Å²) >= 11 is 0. The first-order valence-corrected chi connectivity index (χ1v) is 21.1. The lowest BCUT2D eigenvalue weighted by Crippen LogP contribution is -2.43. The van der Waals surface area contributed by atoms with Crippen LogP contribution in [-0.4, -0.2) is 82.3 Å². The largest absolute Gasteiger partial charge is 0.366 e. The summed E-state index contributed by atoms with van der Waals surface area (Å²) in [5.41, 5.74) is 1.97. The molecule has 1 amide bonds. The van der Waals surface area contributed by atoms with Crippen molar-refractivity contribution in [3.8, 4) is 0 Å². The second kappa shape index (κ2) is 31.0. The molecule has 0 heterocycles. The van der Waals surface area contributed by atoms with Gasteiger partial charge in [0.15, 0.2) is 0 Å². The van der Waals surface area contributed by atoms with Crippen LogP contribution >= 0.6 is 0 Å². The van der Waals surface area contributed by atoms with Crippen LogP contribution < -0.4 is 16.0 Å². The van der Waals surface area contributed by atoms with E-state index in [0.29, 0.717) is 23.7 Å². The molecule has 1 rings (SSSR count). The quantitative estimate of drug-likeness (QED) is 0.0317. The van der Waals surface area contributed by atoms with Crippen LogP contribution in [0, 0.1) is 23.7 Å². The number of carbonyl (C=O) groups is 1. The number of unbranched alkanes of at least 4 members (excludes halogenated alkanes) is 1. The lowest BCUT2D eigenvalue weighted by Gasteiger charge is -2.27. The van der Waals surface area contributed by atoms with Crippen LogP contribution in [0.4, 0.5) is 0 Å². The van der Waals surface area contributed by atoms with Crippen molar-refractivity contribution in [2.24, 2.45) is 33.7 Å². The molecule has 7 nitrogen and oxygen atoms in total. The molecule has 0 aliphatic rings. The van der Waals surface area contributed by atoms with E-state index in [-0.39, 0.29) is 18.0 Å². The highest BCUT2D eigenvalue weighted by molar-refractivity contribution is 5.94. The van der Waals surface area contributed by atoms with Crippen molar-refractivity contribution in [2.45, 2.75) is 125 Å². The number of aliphatic imine (C=N–C) groups is 2. The van der Waals surface area contributed by atoms with Crippen molar-refractivity contribution >= 4 is 18.5 Å². The van der Waals surface area contributed by atoms with Gasteiger partial charge >= 0.3 is 0 Å². The Bertz CT molecular complexity index is 1270. The Kier molecular flexibility index (Phi) is 27.9. The van der Waals surface area contributed by atoms with Gasteiger partial charge in [-0.1, -0.05) is 115 Å². The smallest absolute Gasteiger partial charge is 0.251 e. The summed E-state index contributed by atoms with van der Waals surface area (Å²) in [6.07, 6.45) is 25.7. The van der Waals surface area contributed by atoms with Gasteiger partial charge < -0.3 is 20.9 Å². The molecule has 0 saturated heterocycles. The minimum absolute atomic E-state index is 0.0116. The summed E-state index contributed by atoms with van der Waals surface area (Å²) in [7, 11) is 4.21. The Hall–Kier alpha value is -3.29. The van der Waals surface area contributed by atoms with Gasteiger partial charge in [0.05, 0.1) is 6.04 Å². The lowest BCUT2D eigenvalue weighted by atomic mass is 9.82. The standard InChI is InChI=1S/C47H80N6O/c1-11-14-16-17-23-31-49-32-24-22-28-45(52-47(54)42-25-20-18-21-26-42)37-50-35-39(5)30-29-38(4)33-44(40(6)13-3)36-51-46(53(9)10)34-43(41(7)48-8)27-19-15-12-2/h11,14-21,25-27,38-41,44-45,49-50H,8,12-13,22-24,28-37H2,1-7,9-10H3,(H,52,54)/b14-11-,17-16-,19-15-,43-27-,51-46?. The Morgan fingerprint density at radius 2 is 1.63 bits per heavy atom. The molecule has 7 heteroatoms. The maximum Gasteiger partial charge on any atom is 0.251 e. The Balaban J connectivity index is 2.70. The number of hydrogen-bond donors (Lipinski definition) is 3. The van der Waals surface area contributed by atoms with E-state index >= 15 is 0 Å². The molecule has 0 aromatic heterocycles. The summed E-state index contributed by atoms with van der Waals surface area (Å²) in [4.78, 5) is 24.8. The van der Waals surface area contributed by atoms with Crippen molar-refractivity contribution in [1.29, 1.82) is 0 Å². The third kappa shape index (κ3) is 22.8. The summed E-state index contributed by atoms with van der Waals surface area (Å²) in [6, 6.07) is 9.75. The van der Waals surface area contributed by atoms with E-state index < -0.39 is 0 Å². The first-order valence-electron chi connectivity index (χ1n) is 21.1. The van der Waals surface area contributed by atoms with E-state index in [1.165, 1.54) is 31.3 Å². The predicted octanol–water partition coefficient (Wildman–Crippen LogP) is 10.1. The highest BCUT2D eigenvalue weighted by Crippen LogP contribution is 2.27. The zero-order valence-corrected chi connectivity index (χ0v) is 36.0. The van der Waals surface area contributed by atoms with E-state index in [1.807, 2.05) is 43.3 Å². The molecule has 3 N–H and O–H groups in total. The molecule has 304 valence electrons. The first-order chi connectivity index (χ1) is 26.1. The normalized spacial score (nSPS) is 16.1. The molecular formula is C47H80N6O. The maximum atomic E-state index is 13.0. The van der Waals surface area contributed by atoms with Crippen molar-refractivity contribution in [3.05, 3.63) is 84.0 Å². The average Bonchev–Trinajstić information content (AvgIpc) is 3.17. The summed E-state index contributed by atoms with van der Waals surface area (Å²) in [5, 5.41) is 10.6. The highest BCUT2D eigenvalue weighted by atomic mass is 16.1. The zero-order valence-electron chi connectivity index (χ0n) is 36.0. The molecular weight excluding hydrogens is 665 g/mol. The predicted molar refractivity (Wildman–Crippen MR) is 238 cm³/mol. The van der Waals surface area contributed by atoms with Gasteiger partial charge in [0.2, 0.25) is 0 Å². The molecule has 0 fully saturated rings. The number of allylic oxidation sites excluding steroid dienone is 6. The fourth-order valence-corrected chi connectivity index (χ4v) is 6.50. The van der Waals surface area contributed by atoms with Gasteiger partial charge in [-0.15, -0.1) is 0 Å². The number of nitrogens with one attached hydrogen (secondary N) is 3. The third-order valence-electron chi connectivity index (χ3n) is 10.5. The number of carbonyl (C=O) groups excluding carboxylic acids is 1. The zero-order chi connectivity index (χ0) is 40.0. The van der Waals surface area contributed by atoms with Crippen molar-refractivity contribution < 1.29 is 4.79 Å². The summed E-state index contributed by atoms with van der Waals surface area (Å²) < 4.78 is 0. The van der Waals surface area contributed by atoms with Crippen LogP contribution in [0.1, 0.15) is 123 Å². The number of benzene rings is 1. The van der Waals surface area contributed by atoms with Gasteiger partial charge in [0.25, 0.3) is 5.91 Å². The molecule has 0 bridgehead atoms. The van der Waals surface area contributed by atoms with Crippen LogP contribution in [0.3, 0.4) is 0 Å². The average molecular weight is 745 g/mol. The van der Waals surface area contributed by atoms with Crippen LogP contribution in [0.2, 0.25) is 0 Å². The highest BCUT2D eigenvalue weighted by Gasteiger charge is 2.21. The van der Waals surface area contributed by atoms with E-state index in [4.69, 9.17) is 4.99 Å². The van der Waals surface area contributed by atoms with Crippen molar-refractivity contribution in [3.63, 3.8) is 0 Å². The van der Waals surface area contributed by atoms with Gasteiger partial charge in [-0.25, -0.2) is 0 Å². The number of hydrogen-bond acceptors (Lipinski definition) is 5. The van der Waals surface area contributed by atoms with E-state index in [1.54, 1.807) is 0 Å². The molecule has 6 atom stereocenters. The van der Waals surface area contributed by atoms with Crippen LogP contribution in [0.15, 0.2) is 88.4 Å². The monoisotopic (exact) mass is 745 g/mol. The molecule has 0 radical (unpaired) electrons. The van der Waals surface area contributed by atoms with Crippen molar-refractivity contribution in [2.75, 3.05) is 46.8 Å². The lowest BCUT2D eigenvalue weighted by molar-refractivity contribution is 0.0933.